The molecule has 0 heterocycles. The standard InChI is InChI=1S/C20H17FN2O4S/c1-27-16-8-10-17(11-9-16)28(25,26)23-18-12-7-15(21)13-19(18)22-20(24)14-5-3-2-4-6-14/h2-13,23H,1H3,(H,22,24). The fourth-order valence-corrected chi connectivity index (χ4v) is 3.53. The van der Waals surface area contributed by atoms with E-state index in [1.165, 1.54) is 37.4 Å². The second-order valence-corrected chi connectivity index (χ2v) is 7.47. The first-order chi connectivity index (χ1) is 13.4. The van der Waals surface area contributed by atoms with E-state index in [1.807, 2.05) is 0 Å². The zero-order chi connectivity index (χ0) is 20.1. The van der Waals surface area contributed by atoms with Crippen LogP contribution in [0, 0.1) is 5.82 Å². The molecule has 0 radical (unpaired) electrons. The molecule has 8 heteroatoms. The van der Waals surface area contributed by atoms with Gasteiger partial charge in [0.15, 0.2) is 0 Å². The predicted octanol–water partition coefficient (Wildman–Crippen LogP) is 3.89. The van der Waals surface area contributed by atoms with Gasteiger partial charge < -0.3 is 10.1 Å². The maximum absolute atomic E-state index is 13.7. The van der Waals surface area contributed by atoms with Crippen molar-refractivity contribution in [1.29, 1.82) is 0 Å². The number of amides is 1. The average molecular weight is 400 g/mol. The molecule has 0 aliphatic carbocycles. The molecule has 0 atom stereocenters. The summed E-state index contributed by atoms with van der Waals surface area (Å²) in [6.07, 6.45) is 0. The van der Waals surface area contributed by atoms with Gasteiger partial charge in [0.05, 0.1) is 23.4 Å². The fraction of sp³-hybridized carbons (Fsp3) is 0.0500. The third-order valence-corrected chi connectivity index (χ3v) is 5.26. The van der Waals surface area contributed by atoms with Crippen molar-refractivity contribution in [2.24, 2.45) is 0 Å². The quantitative estimate of drug-likeness (QED) is 0.658. The highest BCUT2D eigenvalue weighted by molar-refractivity contribution is 7.92. The second-order valence-electron chi connectivity index (χ2n) is 5.79. The van der Waals surface area contributed by atoms with Crippen LogP contribution in [0.3, 0.4) is 0 Å². The number of sulfonamides is 1. The lowest BCUT2D eigenvalue weighted by atomic mass is 10.2. The molecule has 0 aliphatic rings. The number of benzene rings is 3. The molecule has 0 fully saturated rings. The lowest BCUT2D eigenvalue weighted by molar-refractivity contribution is 0.102. The van der Waals surface area contributed by atoms with Gasteiger partial charge in [0.25, 0.3) is 15.9 Å². The zero-order valence-corrected chi connectivity index (χ0v) is 15.7. The smallest absolute Gasteiger partial charge is 0.261 e. The molecule has 3 aromatic carbocycles. The van der Waals surface area contributed by atoms with Crippen LogP contribution in [0.25, 0.3) is 0 Å². The molecule has 0 saturated carbocycles. The van der Waals surface area contributed by atoms with E-state index in [-0.39, 0.29) is 16.3 Å². The summed E-state index contributed by atoms with van der Waals surface area (Å²) in [7, 11) is -2.48. The molecule has 2 N–H and O–H groups in total. The molecule has 0 aromatic heterocycles. The number of nitrogens with one attached hydrogen (secondary N) is 2. The number of hydrogen-bond donors (Lipinski definition) is 2. The van der Waals surface area contributed by atoms with Gasteiger partial charge in [0.2, 0.25) is 0 Å². The summed E-state index contributed by atoms with van der Waals surface area (Å²) in [4.78, 5) is 12.4. The Labute approximate surface area is 162 Å². The van der Waals surface area contributed by atoms with Gasteiger partial charge in [-0.25, -0.2) is 12.8 Å². The van der Waals surface area contributed by atoms with Crippen molar-refractivity contribution in [1.82, 2.24) is 0 Å². The highest BCUT2D eigenvalue weighted by Gasteiger charge is 2.18. The summed E-state index contributed by atoms with van der Waals surface area (Å²) in [6.45, 7) is 0. The molecule has 0 spiro atoms. The Morgan fingerprint density at radius 3 is 2.25 bits per heavy atom. The Balaban J connectivity index is 1.88. The van der Waals surface area contributed by atoms with Crippen LogP contribution in [-0.4, -0.2) is 21.4 Å². The van der Waals surface area contributed by atoms with Gasteiger partial charge in [-0.05, 0) is 54.6 Å². The van der Waals surface area contributed by atoms with Crippen LogP contribution in [-0.2, 0) is 10.0 Å². The first-order valence-corrected chi connectivity index (χ1v) is 9.70. The minimum Gasteiger partial charge on any atom is -0.497 e. The Morgan fingerprint density at radius 1 is 0.929 bits per heavy atom. The van der Waals surface area contributed by atoms with Crippen LogP contribution in [0.4, 0.5) is 15.8 Å². The van der Waals surface area contributed by atoms with Crippen molar-refractivity contribution in [3.05, 3.63) is 84.2 Å². The summed E-state index contributed by atoms with van der Waals surface area (Å²) in [5.74, 6) is -0.594. The fourth-order valence-electron chi connectivity index (χ4n) is 2.45. The molecular weight excluding hydrogens is 383 g/mol. The lowest BCUT2D eigenvalue weighted by Crippen LogP contribution is -2.17. The van der Waals surface area contributed by atoms with Gasteiger partial charge in [0, 0.05) is 5.56 Å². The van der Waals surface area contributed by atoms with Crippen molar-refractivity contribution < 1.29 is 22.3 Å². The molecule has 1 amide bonds. The van der Waals surface area contributed by atoms with Gasteiger partial charge in [-0.1, -0.05) is 18.2 Å². The van der Waals surface area contributed by atoms with Crippen LogP contribution in [0.15, 0.2) is 77.7 Å². The minimum atomic E-state index is -3.95. The Bertz CT molecular complexity index is 1080. The van der Waals surface area contributed by atoms with E-state index >= 15 is 0 Å². The van der Waals surface area contributed by atoms with Crippen molar-refractivity contribution in [3.63, 3.8) is 0 Å². The van der Waals surface area contributed by atoms with E-state index in [2.05, 4.69) is 10.0 Å². The van der Waals surface area contributed by atoms with Crippen LogP contribution >= 0.6 is 0 Å². The summed E-state index contributed by atoms with van der Waals surface area (Å²) >= 11 is 0. The molecule has 0 unspecified atom stereocenters. The van der Waals surface area contributed by atoms with Gasteiger partial charge in [-0.15, -0.1) is 0 Å². The van der Waals surface area contributed by atoms with E-state index in [1.54, 1.807) is 30.3 Å². The van der Waals surface area contributed by atoms with E-state index in [0.29, 0.717) is 11.3 Å². The van der Waals surface area contributed by atoms with Gasteiger partial charge in [-0.3, -0.25) is 9.52 Å². The van der Waals surface area contributed by atoms with Crippen LogP contribution < -0.4 is 14.8 Å². The van der Waals surface area contributed by atoms with Crippen molar-refractivity contribution >= 4 is 27.3 Å². The number of halogens is 1. The number of rotatable bonds is 6. The normalized spacial score (nSPS) is 10.9. The lowest BCUT2D eigenvalue weighted by Gasteiger charge is -2.14. The van der Waals surface area contributed by atoms with Crippen molar-refractivity contribution in [3.8, 4) is 5.75 Å². The van der Waals surface area contributed by atoms with Crippen LogP contribution in [0.1, 0.15) is 10.4 Å². The third-order valence-electron chi connectivity index (χ3n) is 3.88. The maximum atomic E-state index is 13.7. The van der Waals surface area contributed by atoms with E-state index < -0.39 is 21.7 Å². The van der Waals surface area contributed by atoms with Crippen molar-refractivity contribution in [2.45, 2.75) is 4.90 Å². The van der Waals surface area contributed by atoms with Gasteiger partial charge in [0.1, 0.15) is 11.6 Å². The molecule has 3 aromatic rings. The monoisotopic (exact) mass is 400 g/mol. The molecule has 0 bridgehead atoms. The van der Waals surface area contributed by atoms with Crippen LogP contribution in [0.5, 0.6) is 5.75 Å². The summed E-state index contributed by atoms with van der Waals surface area (Å²) in [5, 5.41) is 2.53. The first-order valence-electron chi connectivity index (χ1n) is 8.22. The largest absolute Gasteiger partial charge is 0.497 e. The third kappa shape index (κ3) is 4.47. The molecule has 28 heavy (non-hydrogen) atoms. The number of ether oxygens (including phenoxy) is 1. The highest BCUT2D eigenvalue weighted by Crippen LogP contribution is 2.27. The summed E-state index contributed by atoms with van der Waals surface area (Å²) in [6, 6.07) is 17.5. The molecule has 6 nitrogen and oxygen atoms in total. The first kappa shape index (κ1) is 19.4. The Kier molecular flexibility index (Phi) is 5.60. The second kappa shape index (κ2) is 8.10. The van der Waals surface area contributed by atoms with Gasteiger partial charge in [-0.2, -0.15) is 0 Å². The number of carbonyl (C=O) groups is 1. The average Bonchev–Trinajstić information content (AvgIpc) is 2.70. The number of methoxy groups -OCH3 is 1. The predicted molar refractivity (Wildman–Crippen MR) is 105 cm³/mol. The number of anilines is 2. The van der Waals surface area contributed by atoms with E-state index in [4.69, 9.17) is 4.74 Å². The topological polar surface area (TPSA) is 84.5 Å². The van der Waals surface area contributed by atoms with E-state index in [9.17, 15) is 17.6 Å². The molecule has 0 saturated heterocycles. The summed E-state index contributed by atoms with van der Waals surface area (Å²) < 4.78 is 46.4. The van der Waals surface area contributed by atoms with Gasteiger partial charge >= 0.3 is 0 Å². The SMILES string of the molecule is COc1ccc(S(=O)(=O)Nc2ccc(F)cc2NC(=O)c2ccccc2)cc1. The number of hydrogen-bond acceptors (Lipinski definition) is 4. The zero-order valence-electron chi connectivity index (χ0n) is 14.8. The van der Waals surface area contributed by atoms with Crippen molar-refractivity contribution in [2.75, 3.05) is 17.1 Å². The highest BCUT2D eigenvalue weighted by atomic mass is 32.2. The van der Waals surface area contributed by atoms with E-state index in [0.717, 1.165) is 12.1 Å². The minimum absolute atomic E-state index is 0.00189. The molecule has 0 aliphatic heterocycles. The van der Waals surface area contributed by atoms with Crippen LogP contribution in [0.2, 0.25) is 0 Å². The molecule has 3 rings (SSSR count). The Hall–Kier alpha value is -3.39. The molecule has 144 valence electrons. The maximum Gasteiger partial charge on any atom is 0.261 e. The molecular formula is C20H17FN2O4S. The summed E-state index contributed by atoms with van der Waals surface area (Å²) in [5.41, 5.74) is 0.406. The number of carbonyl (C=O) groups excluding carboxylic acids is 1. The Morgan fingerprint density at radius 2 is 1.61 bits per heavy atom.